The zero-order valence-electron chi connectivity index (χ0n) is 12.6. The highest BCUT2D eigenvalue weighted by molar-refractivity contribution is 5.92. The third-order valence-corrected chi connectivity index (χ3v) is 3.60. The lowest BCUT2D eigenvalue weighted by molar-refractivity contribution is 0.0697. The van der Waals surface area contributed by atoms with E-state index in [0.29, 0.717) is 44.6 Å². The third kappa shape index (κ3) is 3.75. The van der Waals surface area contributed by atoms with E-state index in [2.05, 4.69) is 15.3 Å². The van der Waals surface area contributed by atoms with Crippen LogP contribution in [-0.2, 0) is 11.3 Å². The summed E-state index contributed by atoms with van der Waals surface area (Å²) in [5.74, 6) is -0.194. The van der Waals surface area contributed by atoms with E-state index in [1.165, 1.54) is 6.20 Å². The Labute approximate surface area is 133 Å². The molecule has 120 valence electrons. The van der Waals surface area contributed by atoms with E-state index in [-0.39, 0.29) is 5.56 Å². The topological polar surface area (TPSA) is 87.6 Å². The average molecular weight is 314 g/mol. The minimum atomic E-state index is -1.05. The van der Waals surface area contributed by atoms with Gasteiger partial charge in [-0.15, -0.1) is 0 Å². The molecule has 7 nitrogen and oxygen atoms in total. The van der Waals surface area contributed by atoms with Gasteiger partial charge in [-0.3, -0.25) is 0 Å². The van der Waals surface area contributed by atoms with Crippen LogP contribution in [0.5, 0.6) is 0 Å². The van der Waals surface area contributed by atoms with Gasteiger partial charge in [0.2, 0.25) is 5.95 Å². The number of aromatic nitrogens is 2. The standard InChI is InChI=1S/C16H18N4O3/c21-15(22)13-11-18-16(20-6-8-23-9-7-20)19-14(13)17-10-12-4-2-1-3-5-12/h1-5,11H,6-10H2,(H,21,22)(H,17,18,19). The smallest absolute Gasteiger partial charge is 0.341 e. The molecule has 1 aromatic carbocycles. The van der Waals surface area contributed by atoms with E-state index in [9.17, 15) is 9.90 Å². The molecule has 1 aliphatic rings. The fourth-order valence-corrected chi connectivity index (χ4v) is 2.36. The maximum Gasteiger partial charge on any atom is 0.341 e. The molecule has 1 aromatic heterocycles. The molecule has 0 unspecified atom stereocenters. The Morgan fingerprint density at radius 2 is 2.00 bits per heavy atom. The lowest BCUT2D eigenvalue weighted by Crippen LogP contribution is -2.37. The minimum Gasteiger partial charge on any atom is -0.477 e. The van der Waals surface area contributed by atoms with Gasteiger partial charge < -0.3 is 20.1 Å². The highest BCUT2D eigenvalue weighted by atomic mass is 16.5. The molecule has 0 radical (unpaired) electrons. The number of ether oxygens (including phenoxy) is 1. The summed E-state index contributed by atoms with van der Waals surface area (Å²) >= 11 is 0. The summed E-state index contributed by atoms with van der Waals surface area (Å²) in [7, 11) is 0. The van der Waals surface area contributed by atoms with Crippen molar-refractivity contribution >= 4 is 17.7 Å². The number of rotatable bonds is 5. The second-order valence-electron chi connectivity index (χ2n) is 5.18. The number of carbonyl (C=O) groups is 1. The van der Waals surface area contributed by atoms with Gasteiger partial charge in [0.15, 0.2) is 0 Å². The molecule has 1 saturated heterocycles. The van der Waals surface area contributed by atoms with E-state index in [1.54, 1.807) is 0 Å². The van der Waals surface area contributed by atoms with Crippen molar-refractivity contribution in [1.29, 1.82) is 0 Å². The van der Waals surface area contributed by atoms with E-state index < -0.39 is 5.97 Å². The molecule has 1 fully saturated rings. The number of aromatic carboxylic acids is 1. The largest absolute Gasteiger partial charge is 0.477 e. The van der Waals surface area contributed by atoms with Crippen molar-refractivity contribution in [2.24, 2.45) is 0 Å². The number of nitrogens with one attached hydrogen (secondary N) is 1. The number of hydrogen-bond donors (Lipinski definition) is 2. The Morgan fingerprint density at radius 3 is 2.70 bits per heavy atom. The Bertz CT molecular complexity index is 672. The van der Waals surface area contributed by atoms with Crippen LogP contribution in [0.3, 0.4) is 0 Å². The quantitative estimate of drug-likeness (QED) is 0.867. The number of morpholine rings is 1. The summed E-state index contributed by atoms with van der Waals surface area (Å²) in [6.07, 6.45) is 1.35. The van der Waals surface area contributed by atoms with Crippen LogP contribution in [0.25, 0.3) is 0 Å². The van der Waals surface area contributed by atoms with Gasteiger partial charge in [0.05, 0.1) is 13.2 Å². The van der Waals surface area contributed by atoms with Crippen LogP contribution in [0, 0.1) is 0 Å². The number of nitrogens with zero attached hydrogens (tertiary/aromatic N) is 3. The number of benzene rings is 1. The molecule has 2 aromatic rings. The summed E-state index contributed by atoms with van der Waals surface area (Å²) in [6.45, 7) is 3.14. The van der Waals surface area contributed by atoms with E-state index in [0.717, 1.165) is 5.56 Å². The monoisotopic (exact) mass is 314 g/mol. The fraction of sp³-hybridized carbons (Fsp3) is 0.312. The molecule has 2 N–H and O–H groups in total. The van der Waals surface area contributed by atoms with Crippen molar-refractivity contribution in [3.05, 3.63) is 47.7 Å². The van der Waals surface area contributed by atoms with Gasteiger partial charge >= 0.3 is 5.97 Å². The first kappa shape index (κ1) is 15.2. The van der Waals surface area contributed by atoms with Crippen molar-refractivity contribution in [1.82, 2.24) is 9.97 Å². The van der Waals surface area contributed by atoms with E-state index >= 15 is 0 Å². The summed E-state index contributed by atoms with van der Waals surface area (Å²) in [5, 5.41) is 12.4. The predicted octanol–water partition coefficient (Wildman–Crippen LogP) is 1.62. The molecule has 3 rings (SSSR count). The van der Waals surface area contributed by atoms with Gasteiger partial charge in [-0.25, -0.2) is 9.78 Å². The number of carboxylic acids is 1. The third-order valence-electron chi connectivity index (χ3n) is 3.60. The molecule has 1 aliphatic heterocycles. The zero-order valence-corrected chi connectivity index (χ0v) is 12.6. The van der Waals surface area contributed by atoms with E-state index in [4.69, 9.17) is 4.74 Å². The number of hydrogen-bond acceptors (Lipinski definition) is 6. The number of anilines is 2. The molecular formula is C16H18N4O3. The normalized spacial score (nSPS) is 14.5. The van der Waals surface area contributed by atoms with Crippen LogP contribution in [0.4, 0.5) is 11.8 Å². The highest BCUT2D eigenvalue weighted by Crippen LogP contribution is 2.18. The highest BCUT2D eigenvalue weighted by Gasteiger charge is 2.18. The molecule has 0 saturated carbocycles. The van der Waals surface area contributed by atoms with Crippen LogP contribution in [0.2, 0.25) is 0 Å². The van der Waals surface area contributed by atoms with Gasteiger partial charge in [0, 0.05) is 25.8 Å². The molecule has 2 heterocycles. The SMILES string of the molecule is O=C(O)c1cnc(N2CCOCC2)nc1NCc1ccccc1. The van der Waals surface area contributed by atoms with Crippen molar-refractivity contribution in [3.8, 4) is 0 Å². The predicted molar refractivity (Wildman–Crippen MR) is 85.8 cm³/mol. The Kier molecular flexibility index (Phi) is 4.68. The molecule has 7 heteroatoms. The van der Waals surface area contributed by atoms with Crippen LogP contribution >= 0.6 is 0 Å². The summed E-state index contributed by atoms with van der Waals surface area (Å²) in [4.78, 5) is 21.9. The Morgan fingerprint density at radius 1 is 1.26 bits per heavy atom. The molecule has 0 amide bonds. The van der Waals surface area contributed by atoms with Gasteiger partial charge in [-0.05, 0) is 5.56 Å². The second kappa shape index (κ2) is 7.06. The first-order valence-corrected chi connectivity index (χ1v) is 7.45. The first-order chi connectivity index (χ1) is 11.2. The minimum absolute atomic E-state index is 0.0675. The fourth-order valence-electron chi connectivity index (χ4n) is 2.36. The van der Waals surface area contributed by atoms with Gasteiger partial charge in [-0.2, -0.15) is 4.98 Å². The lowest BCUT2D eigenvalue weighted by atomic mass is 10.2. The first-order valence-electron chi connectivity index (χ1n) is 7.45. The van der Waals surface area contributed by atoms with Crippen LogP contribution in [-0.4, -0.2) is 47.3 Å². The molecule has 0 bridgehead atoms. The molecule has 0 spiro atoms. The maximum absolute atomic E-state index is 11.4. The average Bonchev–Trinajstić information content (AvgIpc) is 2.61. The van der Waals surface area contributed by atoms with Crippen molar-refractivity contribution < 1.29 is 14.6 Å². The van der Waals surface area contributed by atoms with Gasteiger partial charge in [0.25, 0.3) is 0 Å². The van der Waals surface area contributed by atoms with Crippen molar-refractivity contribution in [2.45, 2.75) is 6.54 Å². The number of carboxylic acid groups (broad SMARTS) is 1. The van der Waals surface area contributed by atoms with Crippen LogP contribution < -0.4 is 10.2 Å². The molecule has 0 aliphatic carbocycles. The van der Waals surface area contributed by atoms with Gasteiger partial charge in [-0.1, -0.05) is 30.3 Å². The Balaban J connectivity index is 1.81. The van der Waals surface area contributed by atoms with Gasteiger partial charge in [0.1, 0.15) is 11.4 Å². The van der Waals surface area contributed by atoms with Crippen molar-refractivity contribution in [3.63, 3.8) is 0 Å². The van der Waals surface area contributed by atoms with E-state index in [1.807, 2.05) is 35.2 Å². The molecule has 23 heavy (non-hydrogen) atoms. The second-order valence-corrected chi connectivity index (χ2v) is 5.18. The van der Waals surface area contributed by atoms with Crippen molar-refractivity contribution in [2.75, 3.05) is 36.5 Å². The van der Waals surface area contributed by atoms with Crippen LogP contribution in [0.15, 0.2) is 36.5 Å². The zero-order chi connectivity index (χ0) is 16.1. The summed E-state index contributed by atoms with van der Waals surface area (Å²) in [6, 6.07) is 9.75. The molecular weight excluding hydrogens is 296 g/mol. The van der Waals surface area contributed by atoms with Crippen LogP contribution in [0.1, 0.15) is 15.9 Å². The summed E-state index contributed by atoms with van der Waals surface area (Å²) < 4.78 is 5.31. The Hall–Kier alpha value is -2.67. The molecule has 0 atom stereocenters. The maximum atomic E-state index is 11.4. The lowest BCUT2D eigenvalue weighted by Gasteiger charge is -2.27. The summed E-state index contributed by atoms with van der Waals surface area (Å²) in [5.41, 5.74) is 1.12.